The van der Waals surface area contributed by atoms with Crippen LogP contribution in [0.3, 0.4) is 0 Å². The highest BCUT2D eigenvalue weighted by Gasteiger charge is 2.30. The molecule has 5 nitrogen and oxygen atoms in total. The summed E-state index contributed by atoms with van der Waals surface area (Å²) in [5.41, 5.74) is 4.75. The molecule has 1 aromatic carbocycles. The summed E-state index contributed by atoms with van der Waals surface area (Å²) in [4.78, 5) is 17.6. The largest absolute Gasteiger partial charge is 0.335 e. The maximum absolute atomic E-state index is 13.0. The van der Waals surface area contributed by atoms with E-state index in [1.165, 1.54) is 24.0 Å². The lowest BCUT2D eigenvalue weighted by atomic mass is 9.87. The molecule has 0 saturated carbocycles. The molecule has 0 radical (unpaired) electrons. The van der Waals surface area contributed by atoms with Crippen molar-refractivity contribution in [3.8, 4) is 0 Å². The maximum Gasteiger partial charge on any atom is 0.272 e. The molecule has 1 fully saturated rings. The third-order valence-electron chi connectivity index (χ3n) is 6.21. The van der Waals surface area contributed by atoms with Gasteiger partial charge in [0, 0.05) is 39.3 Å². The second kappa shape index (κ2) is 8.08. The highest BCUT2D eigenvalue weighted by molar-refractivity contribution is 5.92. The molecule has 1 aliphatic heterocycles. The van der Waals surface area contributed by atoms with Crippen molar-refractivity contribution in [2.75, 3.05) is 26.2 Å². The van der Waals surface area contributed by atoms with Crippen molar-refractivity contribution < 1.29 is 4.79 Å². The van der Waals surface area contributed by atoms with Crippen LogP contribution in [-0.2, 0) is 26.3 Å². The fourth-order valence-corrected chi connectivity index (χ4v) is 4.69. The molecule has 2 heterocycles. The Balaban J connectivity index is 1.35. The van der Waals surface area contributed by atoms with Gasteiger partial charge in [-0.1, -0.05) is 38.1 Å². The van der Waals surface area contributed by atoms with E-state index in [1.54, 1.807) is 4.68 Å². The van der Waals surface area contributed by atoms with Crippen LogP contribution in [-0.4, -0.2) is 57.7 Å². The number of fused-ring (bicyclic) bond motifs is 1. The molecule has 0 unspecified atom stereocenters. The molecular formula is C23H32N4O. The number of nitrogens with zero attached hydrogens (tertiary/aromatic N) is 4. The first kappa shape index (κ1) is 19.2. The second-order valence-electron chi connectivity index (χ2n) is 8.74. The molecule has 1 atom stereocenters. The number of aromatic nitrogens is 2. The Bertz CT molecular complexity index is 833. The number of carbonyl (C=O) groups excluding carboxylic acids is 1. The van der Waals surface area contributed by atoms with Gasteiger partial charge in [0.25, 0.3) is 5.91 Å². The van der Waals surface area contributed by atoms with E-state index in [0.29, 0.717) is 12.0 Å². The first-order valence-corrected chi connectivity index (χ1v) is 10.6. The Labute approximate surface area is 168 Å². The van der Waals surface area contributed by atoms with Gasteiger partial charge in [-0.25, -0.2) is 0 Å². The molecule has 0 spiro atoms. The predicted molar refractivity (Wildman–Crippen MR) is 111 cm³/mol. The standard InChI is InChI=1S/C23H32N4O/c1-17(2)14-20-16-22(25(3)24-20)23(28)27-12-10-26(11-13-27)21-9-8-18-6-4-5-7-19(18)15-21/h4-7,16-17,21H,8-15H2,1-3H3/t21-/m1/s1. The highest BCUT2D eigenvalue weighted by Crippen LogP contribution is 2.25. The van der Waals surface area contributed by atoms with Gasteiger partial charge in [0.1, 0.15) is 5.69 Å². The quantitative estimate of drug-likeness (QED) is 0.819. The van der Waals surface area contributed by atoms with Crippen molar-refractivity contribution in [2.24, 2.45) is 13.0 Å². The molecule has 1 aliphatic carbocycles. The first-order valence-electron chi connectivity index (χ1n) is 10.6. The number of benzene rings is 1. The van der Waals surface area contributed by atoms with E-state index in [2.05, 4.69) is 48.1 Å². The van der Waals surface area contributed by atoms with E-state index in [4.69, 9.17) is 0 Å². The molecule has 150 valence electrons. The van der Waals surface area contributed by atoms with Crippen molar-refractivity contribution in [1.82, 2.24) is 19.6 Å². The van der Waals surface area contributed by atoms with Gasteiger partial charge in [-0.2, -0.15) is 5.10 Å². The van der Waals surface area contributed by atoms with Gasteiger partial charge in [-0.3, -0.25) is 14.4 Å². The van der Waals surface area contributed by atoms with E-state index < -0.39 is 0 Å². The molecule has 1 aromatic heterocycles. The summed E-state index contributed by atoms with van der Waals surface area (Å²) in [6.45, 7) is 7.91. The van der Waals surface area contributed by atoms with Crippen LogP contribution in [0.2, 0.25) is 0 Å². The minimum Gasteiger partial charge on any atom is -0.335 e. The van der Waals surface area contributed by atoms with Crippen LogP contribution in [0.4, 0.5) is 0 Å². The predicted octanol–water partition coefficient (Wildman–Crippen LogP) is 2.93. The van der Waals surface area contributed by atoms with Gasteiger partial charge < -0.3 is 4.90 Å². The van der Waals surface area contributed by atoms with E-state index in [0.717, 1.165) is 50.4 Å². The van der Waals surface area contributed by atoms with E-state index >= 15 is 0 Å². The summed E-state index contributed by atoms with van der Waals surface area (Å²) in [7, 11) is 1.88. The highest BCUT2D eigenvalue weighted by atomic mass is 16.2. The molecule has 28 heavy (non-hydrogen) atoms. The van der Waals surface area contributed by atoms with Crippen molar-refractivity contribution in [1.29, 1.82) is 0 Å². The fourth-order valence-electron chi connectivity index (χ4n) is 4.69. The van der Waals surface area contributed by atoms with E-state index in [-0.39, 0.29) is 5.91 Å². The number of rotatable bonds is 4. The van der Waals surface area contributed by atoms with Crippen LogP contribution in [0.1, 0.15) is 47.6 Å². The van der Waals surface area contributed by atoms with E-state index in [1.807, 2.05) is 18.0 Å². The molecule has 5 heteroatoms. The average molecular weight is 381 g/mol. The maximum atomic E-state index is 13.0. The molecular weight excluding hydrogens is 348 g/mol. The molecule has 0 N–H and O–H groups in total. The lowest BCUT2D eigenvalue weighted by Gasteiger charge is -2.41. The fraction of sp³-hybridized carbons (Fsp3) is 0.565. The van der Waals surface area contributed by atoms with Crippen molar-refractivity contribution in [3.63, 3.8) is 0 Å². The van der Waals surface area contributed by atoms with Crippen LogP contribution < -0.4 is 0 Å². The lowest BCUT2D eigenvalue weighted by Crippen LogP contribution is -2.53. The number of carbonyl (C=O) groups is 1. The Hall–Kier alpha value is -2.14. The number of hydrogen-bond donors (Lipinski definition) is 0. The number of amides is 1. The van der Waals surface area contributed by atoms with Gasteiger partial charge in [-0.15, -0.1) is 0 Å². The number of hydrogen-bond acceptors (Lipinski definition) is 3. The molecule has 4 rings (SSSR count). The van der Waals surface area contributed by atoms with Crippen LogP contribution in [0.5, 0.6) is 0 Å². The van der Waals surface area contributed by atoms with Gasteiger partial charge in [0.05, 0.1) is 5.69 Å². The Morgan fingerprint density at radius 2 is 1.86 bits per heavy atom. The average Bonchev–Trinajstić information content (AvgIpc) is 3.06. The smallest absolute Gasteiger partial charge is 0.272 e. The van der Waals surface area contributed by atoms with Gasteiger partial charge in [0.2, 0.25) is 0 Å². The molecule has 1 amide bonds. The number of piperazine rings is 1. The van der Waals surface area contributed by atoms with Crippen LogP contribution in [0, 0.1) is 5.92 Å². The van der Waals surface area contributed by atoms with Gasteiger partial charge in [-0.05, 0) is 48.8 Å². The molecule has 0 bridgehead atoms. The molecule has 2 aliphatic rings. The third kappa shape index (κ3) is 4.00. The van der Waals surface area contributed by atoms with Crippen molar-refractivity contribution in [2.45, 2.75) is 45.6 Å². The van der Waals surface area contributed by atoms with Crippen LogP contribution >= 0.6 is 0 Å². The number of aryl methyl sites for hydroxylation is 2. The summed E-state index contributed by atoms with van der Waals surface area (Å²) < 4.78 is 1.75. The minimum atomic E-state index is 0.124. The minimum absolute atomic E-state index is 0.124. The Morgan fingerprint density at radius 1 is 1.14 bits per heavy atom. The zero-order chi connectivity index (χ0) is 19.7. The molecule has 1 saturated heterocycles. The zero-order valence-electron chi connectivity index (χ0n) is 17.4. The van der Waals surface area contributed by atoms with Crippen molar-refractivity contribution in [3.05, 3.63) is 52.8 Å². The lowest BCUT2D eigenvalue weighted by molar-refractivity contribution is 0.0543. The monoisotopic (exact) mass is 380 g/mol. The Kier molecular flexibility index (Phi) is 5.54. The van der Waals surface area contributed by atoms with Crippen LogP contribution in [0.15, 0.2) is 30.3 Å². The summed E-state index contributed by atoms with van der Waals surface area (Å²) in [6, 6.07) is 11.4. The topological polar surface area (TPSA) is 41.4 Å². The van der Waals surface area contributed by atoms with E-state index in [9.17, 15) is 4.79 Å². The normalized spacial score (nSPS) is 20.4. The third-order valence-corrected chi connectivity index (χ3v) is 6.21. The Morgan fingerprint density at radius 3 is 2.57 bits per heavy atom. The molecule has 2 aromatic rings. The van der Waals surface area contributed by atoms with Gasteiger partial charge >= 0.3 is 0 Å². The summed E-state index contributed by atoms with van der Waals surface area (Å²) in [6.07, 6.45) is 4.46. The zero-order valence-corrected chi connectivity index (χ0v) is 17.4. The van der Waals surface area contributed by atoms with Gasteiger partial charge in [0.15, 0.2) is 0 Å². The van der Waals surface area contributed by atoms with Crippen molar-refractivity contribution >= 4 is 5.91 Å². The first-order chi connectivity index (χ1) is 13.5. The summed E-state index contributed by atoms with van der Waals surface area (Å²) in [5.74, 6) is 0.667. The summed E-state index contributed by atoms with van der Waals surface area (Å²) >= 11 is 0. The SMILES string of the molecule is CC(C)Cc1cc(C(=O)N2CCN([C@@H]3CCc4ccccc4C3)CC2)n(C)n1. The van der Waals surface area contributed by atoms with Crippen LogP contribution in [0.25, 0.3) is 0 Å². The summed E-state index contributed by atoms with van der Waals surface area (Å²) in [5, 5.41) is 4.54. The second-order valence-corrected chi connectivity index (χ2v) is 8.74.